The summed E-state index contributed by atoms with van der Waals surface area (Å²) in [6.45, 7) is 4.90. The zero-order chi connectivity index (χ0) is 12.6. The molecule has 1 fully saturated rings. The van der Waals surface area contributed by atoms with Crippen LogP contribution in [-0.4, -0.2) is 29.4 Å². The maximum absolute atomic E-state index is 12.2. The molecule has 0 spiro atoms. The van der Waals surface area contributed by atoms with Gasteiger partial charge in [0.05, 0.1) is 0 Å². The summed E-state index contributed by atoms with van der Waals surface area (Å²) in [6.07, 6.45) is 1.23. The fraction of sp³-hybridized carbons (Fsp3) is 0.538. The predicted octanol–water partition coefficient (Wildman–Crippen LogP) is 1.70. The van der Waals surface area contributed by atoms with E-state index in [0.29, 0.717) is 17.3 Å². The number of hydrogen-bond acceptors (Lipinski definition) is 3. The molecule has 92 valence electrons. The van der Waals surface area contributed by atoms with Gasteiger partial charge in [0.2, 0.25) is 0 Å². The van der Waals surface area contributed by atoms with E-state index in [9.17, 15) is 4.79 Å². The first kappa shape index (κ1) is 11.9. The summed E-state index contributed by atoms with van der Waals surface area (Å²) < 4.78 is 0. The average molecular weight is 233 g/mol. The summed E-state index contributed by atoms with van der Waals surface area (Å²) in [5.74, 6) is 1.86. The van der Waals surface area contributed by atoms with Crippen molar-refractivity contribution in [1.29, 1.82) is 0 Å². The summed E-state index contributed by atoms with van der Waals surface area (Å²) in [5, 5.41) is 0. The first-order chi connectivity index (χ1) is 7.97. The molecule has 0 bridgehead atoms. The molecule has 0 aliphatic heterocycles. The minimum atomic E-state index is 0.0290. The van der Waals surface area contributed by atoms with E-state index in [1.165, 1.54) is 6.42 Å². The lowest BCUT2D eigenvalue weighted by molar-refractivity contribution is 0.0787. The number of aromatic nitrogens is 1. The lowest BCUT2D eigenvalue weighted by atomic mass is 10.2. The lowest BCUT2D eigenvalue weighted by Crippen LogP contribution is -2.29. The third kappa shape index (κ3) is 2.75. The molecule has 2 N–H and O–H groups in total. The van der Waals surface area contributed by atoms with E-state index in [0.717, 1.165) is 18.2 Å². The maximum atomic E-state index is 12.2. The SMILES string of the molecule is Cc1cc(C(=O)N(C)CC2CC2C)cc(N)n1. The molecule has 0 saturated heterocycles. The molecular formula is C13H19N3O. The predicted molar refractivity (Wildman–Crippen MR) is 67.6 cm³/mol. The zero-order valence-electron chi connectivity index (χ0n) is 10.6. The Hall–Kier alpha value is -1.58. The largest absolute Gasteiger partial charge is 0.384 e. The van der Waals surface area contributed by atoms with Crippen LogP contribution in [0.25, 0.3) is 0 Å². The van der Waals surface area contributed by atoms with Gasteiger partial charge in [-0.2, -0.15) is 0 Å². The van der Waals surface area contributed by atoms with Crippen LogP contribution in [0.2, 0.25) is 0 Å². The molecular weight excluding hydrogens is 214 g/mol. The van der Waals surface area contributed by atoms with Crippen LogP contribution in [0.1, 0.15) is 29.4 Å². The van der Waals surface area contributed by atoms with Crippen molar-refractivity contribution in [3.63, 3.8) is 0 Å². The molecule has 2 unspecified atom stereocenters. The van der Waals surface area contributed by atoms with Gasteiger partial charge in [-0.05, 0) is 37.3 Å². The minimum Gasteiger partial charge on any atom is -0.384 e. The van der Waals surface area contributed by atoms with Crippen LogP contribution in [0.3, 0.4) is 0 Å². The molecule has 0 aromatic carbocycles. The number of anilines is 1. The van der Waals surface area contributed by atoms with Crippen LogP contribution in [0.5, 0.6) is 0 Å². The first-order valence-corrected chi connectivity index (χ1v) is 5.97. The van der Waals surface area contributed by atoms with Crippen LogP contribution >= 0.6 is 0 Å². The van der Waals surface area contributed by atoms with Crippen molar-refractivity contribution >= 4 is 11.7 Å². The summed E-state index contributed by atoms with van der Waals surface area (Å²) in [5.41, 5.74) is 7.06. The van der Waals surface area contributed by atoms with Crippen molar-refractivity contribution < 1.29 is 4.79 Å². The number of nitrogens with two attached hydrogens (primary N) is 1. The molecule has 1 aliphatic rings. The third-order valence-electron chi connectivity index (χ3n) is 3.35. The van der Waals surface area contributed by atoms with E-state index < -0.39 is 0 Å². The second kappa shape index (κ2) is 4.35. The Morgan fingerprint density at radius 1 is 1.59 bits per heavy atom. The van der Waals surface area contributed by atoms with Crippen molar-refractivity contribution in [2.45, 2.75) is 20.3 Å². The number of carbonyl (C=O) groups excluding carboxylic acids is 1. The van der Waals surface area contributed by atoms with E-state index in [2.05, 4.69) is 11.9 Å². The Morgan fingerprint density at radius 3 is 2.76 bits per heavy atom. The Kier molecular flexibility index (Phi) is 3.05. The zero-order valence-corrected chi connectivity index (χ0v) is 10.6. The quantitative estimate of drug-likeness (QED) is 0.864. The van der Waals surface area contributed by atoms with Gasteiger partial charge in [-0.3, -0.25) is 4.79 Å². The van der Waals surface area contributed by atoms with Crippen molar-refractivity contribution in [2.75, 3.05) is 19.3 Å². The highest BCUT2D eigenvalue weighted by atomic mass is 16.2. The molecule has 2 rings (SSSR count). The average Bonchev–Trinajstić information content (AvgIpc) is 2.91. The Labute approximate surface area is 102 Å². The molecule has 1 aromatic rings. The number of hydrogen-bond donors (Lipinski definition) is 1. The van der Waals surface area contributed by atoms with Gasteiger partial charge in [-0.1, -0.05) is 6.92 Å². The van der Waals surface area contributed by atoms with Crippen molar-refractivity contribution in [1.82, 2.24) is 9.88 Å². The van der Waals surface area contributed by atoms with Gasteiger partial charge in [-0.25, -0.2) is 4.98 Å². The number of rotatable bonds is 3. The summed E-state index contributed by atoms with van der Waals surface area (Å²) in [7, 11) is 1.85. The fourth-order valence-corrected chi connectivity index (χ4v) is 2.13. The van der Waals surface area contributed by atoms with Gasteiger partial charge in [0, 0.05) is 24.8 Å². The number of amides is 1. The van der Waals surface area contributed by atoms with Crippen molar-refractivity contribution in [3.05, 3.63) is 23.4 Å². The molecule has 4 nitrogen and oxygen atoms in total. The van der Waals surface area contributed by atoms with Crippen LogP contribution < -0.4 is 5.73 Å². The smallest absolute Gasteiger partial charge is 0.253 e. The molecule has 1 heterocycles. The number of aryl methyl sites for hydroxylation is 1. The molecule has 1 aromatic heterocycles. The standard InChI is InChI=1S/C13H19N3O/c1-8-4-11(8)7-16(3)13(17)10-5-9(2)15-12(14)6-10/h5-6,8,11H,4,7H2,1-3H3,(H2,14,15). The summed E-state index contributed by atoms with van der Waals surface area (Å²) >= 11 is 0. The highest BCUT2D eigenvalue weighted by Gasteiger charge is 2.34. The molecule has 1 aliphatic carbocycles. The van der Waals surface area contributed by atoms with E-state index in [4.69, 9.17) is 5.73 Å². The normalized spacial score (nSPS) is 22.3. The van der Waals surface area contributed by atoms with E-state index >= 15 is 0 Å². The van der Waals surface area contributed by atoms with Gasteiger partial charge >= 0.3 is 0 Å². The highest BCUT2D eigenvalue weighted by Crippen LogP contribution is 2.38. The van der Waals surface area contributed by atoms with Crippen molar-refractivity contribution in [2.24, 2.45) is 11.8 Å². The molecule has 0 radical (unpaired) electrons. The lowest BCUT2D eigenvalue weighted by Gasteiger charge is -2.17. The topological polar surface area (TPSA) is 59.2 Å². The van der Waals surface area contributed by atoms with Gasteiger partial charge < -0.3 is 10.6 Å². The first-order valence-electron chi connectivity index (χ1n) is 5.97. The Balaban J connectivity index is 2.07. The number of nitrogens with zero attached hydrogens (tertiary/aromatic N) is 2. The minimum absolute atomic E-state index is 0.0290. The van der Waals surface area contributed by atoms with Crippen molar-refractivity contribution in [3.8, 4) is 0 Å². The van der Waals surface area contributed by atoms with E-state index in [1.54, 1.807) is 17.0 Å². The molecule has 4 heteroatoms. The van der Waals surface area contributed by atoms with Crippen LogP contribution in [0.4, 0.5) is 5.82 Å². The molecule has 1 amide bonds. The second-order valence-corrected chi connectivity index (χ2v) is 5.08. The summed E-state index contributed by atoms with van der Waals surface area (Å²) in [4.78, 5) is 18.0. The van der Waals surface area contributed by atoms with Crippen LogP contribution in [0.15, 0.2) is 12.1 Å². The summed E-state index contributed by atoms with van der Waals surface area (Å²) in [6, 6.07) is 3.42. The third-order valence-corrected chi connectivity index (χ3v) is 3.35. The van der Waals surface area contributed by atoms with E-state index in [-0.39, 0.29) is 5.91 Å². The number of pyridine rings is 1. The van der Waals surface area contributed by atoms with Gasteiger partial charge in [0.1, 0.15) is 5.82 Å². The maximum Gasteiger partial charge on any atom is 0.253 e. The monoisotopic (exact) mass is 233 g/mol. The second-order valence-electron chi connectivity index (χ2n) is 5.08. The fourth-order valence-electron chi connectivity index (χ4n) is 2.13. The Bertz CT molecular complexity index is 424. The Morgan fingerprint density at radius 2 is 2.24 bits per heavy atom. The highest BCUT2D eigenvalue weighted by molar-refractivity contribution is 5.94. The van der Waals surface area contributed by atoms with Crippen LogP contribution in [-0.2, 0) is 0 Å². The molecule has 2 atom stereocenters. The molecule has 17 heavy (non-hydrogen) atoms. The van der Waals surface area contributed by atoms with E-state index in [1.807, 2.05) is 14.0 Å². The van der Waals surface area contributed by atoms with Crippen LogP contribution in [0, 0.1) is 18.8 Å². The van der Waals surface area contributed by atoms with Gasteiger partial charge in [-0.15, -0.1) is 0 Å². The molecule has 1 saturated carbocycles. The number of nitrogen functional groups attached to an aromatic ring is 1. The van der Waals surface area contributed by atoms with Gasteiger partial charge in [0.25, 0.3) is 5.91 Å². The van der Waals surface area contributed by atoms with Gasteiger partial charge in [0.15, 0.2) is 0 Å². The number of carbonyl (C=O) groups is 1.